The van der Waals surface area contributed by atoms with Crippen molar-refractivity contribution in [2.45, 2.75) is 12.8 Å². The van der Waals surface area contributed by atoms with Crippen molar-refractivity contribution in [2.24, 2.45) is 0 Å². The van der Waals surface area contributed by atoms with Gasteiger partial charge in [-0.2, -0.15) is 0 Å². The third-order valence-electron chi connectivity index (χ3n) is 1.72. The number of alkyl halides is 1. The molecule has 1 aromatic rings. The average molecular weight is 252 g/mol. The maximum Gasteiger partial charge on any atom is 0.123 e. The highest BCUT2D eigenvalue weighted by molar-refractivity contribution is 9.09. The fraction of sp³-hybridized carbons (Fsp3) is 0.333. The van der Waals surface area contributed by atoms with Crippen LogP contribution in [0.15, 0.2) is 18.2 Å². The molecule has 66 valence electrons. The monoisotopic (exact) mass is 250 g/mol. The number of rotatable bonds is 2. The van der Waals surface area contributed by atoms with E-state index in [9.17, 15) is 4.39 Å². The molecule has 1 aromatic carbocycles. The third kappa shape index (κ3) is 2.20. The lowest BCUT2D eigenvalue weighted by Crippen LogP contribution is -1.96. The molecule has 1 atom stereocenters. The molecule has 0 amide bonds. The van der Waals surface area contributed by atoms with Crippen LogP contribution >= 0.6 is 27.5 Å². The minimum atomic E-state index is -0.234. The largest absolute Gasteiger partial charge is 0.207 e. The lowest BCUT2D eigenvalue weighted by molar-refractivity contribution is 0.623. The topological polar surface area (TPSA) is 0 Å². The Morgan fingerprint density at radius 1 is 1.58 bits per heavy atom. The van der Waals surface area contributed by atoms with Gasteiger partial charge in [-0.1, -0.05) is 34.5 Å². The third-order valence-corrected chi connectivity index (χ3v) is 3.04. The van der Waals surface area contributed by atoms with Crippen LogP contribution in [-0.2, 0) is 0 Å². The number of benzene rings is 1. The van der Waals surface area contributed by atoms with Crippen molar-refractivity contribution in [2.75, 3.05) is 5.33 Å². The Kier molecular flexibility index (Phi) is 3.53. The summed E-state index contributed by atoms with van der Waals surface area (Å²) < 4.78 is 12.8. The standard InChI is InChI=1S/C9H9BrClF/c1-6(5-10)8-4-7(12)2-3-9(8)11/h2-4,6H,5H2,1H3. The molecule has 1 unspecified atom stereocenters. The zero-order valence-electron chi connectivity index (χ0n) is 6.65. The molecule has 0 radical (unpaired) electrons. The van der Waals surface area contributed by atoms with Gasteiger partial charge >= 0.3 is 0 Å². The highest BCUT2D eigenvalue weighted by Gasteiger charge is 2.08. The second-order valence-corrected chi connectivity index (χ2v) is 3.78. The average Bonchev–Trinajstić information content (AvgIpc) is 2.08. The first kappa shape index (κ1) is 10.0. The van der Waals surface area contributed by atoms with Crippen molar-refractivity contribution in [3.8, 4) is 0 Å². The zero-order chi connectivity index (χ0) is 9.14. The normalized spacial score (nSPS) is 13.0. The fourth-order valence-corrected chi connectivity index (χ4v) is 1.63. The van der Waals surface area contributed by atoms with E-state index < -0.39 is 0 Å². The Hall–Kier alpha value is -0.0800. The summed E-state index contributed by atoms with van der Waals surface area (Å²) in [4.78, 5) is 0. The molecule has 0 bridgehead atoms. The van der Waals surface area contributed by atoms with E-state index in [1.54, 1.807) is 6.07 Å². The smallest absolute Gasteiger partial charge is 0.123 e. The summed E-state index contributed by atoms with van der Waals surface area (Å²) >= 11 is 9.21. The molecular weight excluding hydrogens is 242 g/mol. The predicted molar refractivity (Wildman–Crippen MR) is 53.6 cm³/mol. The van der Waals surface area contributed by atoms with Crippen LogP contribution in [0.4, 0.5) is 4.39 Å². The van der Waals surface area contributed by atoms with Crippen LogP contribution in [0.3, 0.4) is 0 Å². The van der Waals surface area contributed by atoms with Crippen LogP contribution in [0.1, 0.15) is 18.4 Å². The minimum Gasteiger partial charge on any atom is -0.207 e. The molecule has 3 heteroatoms. The Morgan fingerprint density at radius 2 is 2.25 bits per heavy atom. The molecule has 0 N–H and O–H groups in total. The Bertz CT molecular complexity index is 275. The van der Waals surface area contributed by atoms with Crippen LogP contribution in [0.2, 0.25) is 5.02 Å². The molecule has 12 heavy (non-hydrogen) atoms. The molecule has 1 rings (SSSR count). The molecule has 0 spiro atoms. The van der Waals surface area contributed by atoms with Gasteiger partial charge in [0.1, 0.15) is 5.82 Å². The van der Waals surface area contributed by atoms with E-state index in [0.717, 1.165) is 10.9 Å². The van der Waals surface area contributed by atoms with Gasteiger partial charge in [0.05, 0.1) is 0 Å². The first-order valence-corrected chi connectivity index (χ1v) is 5.16. The Morgan fingerprint density at radius 3 is 2.83 bits per heavy atom. The van der Waals surface area contributed by atoms with Gasteiger partial charge in [0, 0.05) is 10.4 Å². The maximum atomic E-state index is 12.8. The molecule has 0 saturated heterocycles. The Balaban J connectivity index is 3.04. The molecular formula is C9H9BrClF. The number of hydrogen-bond donors (Lipinski definition) is 0. The maximum absolute atomic E-state index is 12.8. The van der Waals surface area contributed by atoms with Crippen LogP contribution in [0.5, 0.6) is 0 Å². The van der Waals surface area contributed by atoms with E-state index in [1.807, 2.05) is 6.92 Å². The molecule has 0 aromatic heterocycles. The fourth-order valence-electron chi connectivity index (χ4n) is 0.975. The first-order chi connectivity index (χ1) is 5.65. The van der Waals surface area contributed by atoms with Gasteiger partial charge in [0.2, 0.25) is 0 Å². The van der Waals surface area contributed by atoms with Crippen molar-refractivity contribution in [1.29, 1.82) is 0 Å². The summed E-state index contributed by atoms with van der Waals surface area (Å²) in [6.07, 6.45) is 0. The molecule has 0 aliphatic carbocycles. The van der Waals surface area contributed by atoms with E-state index in [4.69, 9.17) is 11.6 Å². The molecule has 0 heterocycles. The van der Waals surface area contributed by atoms with E-state index >= 15 is 0 Å². The summed E-state index contributed by atoms with van der Waals surface area (Å²) in [6, 6.07) is 4.44. The van der Waals surface area contributed by atoms with Crippen molar-refractivity contribution in [3.05, 3.63) is 34.6 Å². The van der Waals surface area contributed by atoms with E-state index in [2.05, 4.69) is 15.9 Å². The molecule has 0 saturated carbocycles. The van der Waals surface area contributed by atoms with Crippen LogP contribution < -0.4 is 0 Å². The van der Waals surface area contributed by atoms with E-state index in [-0.39, 0.29) is 11.7 Å². The van der Waals surface area contributed by atoms with Gasteiger partial charge < -0.3 is 0 Å². The summed E-state index contributed by atoms with van der Waals surface area (Å²) in [7, 11) is 0. The van der Waals surface area contributed by atoms with Crippen LogP contribution in [0.25, 0.3) is 0 Å². The SMILES string of the molecule is CC(CBr)c1cc(F)ccc1Cl. The minimum absolute atomic E-state index is 0.234. The quantitative estimate of drug-likeness (QED) is 0.698. The van der Waals surface area contributed by atoms with Gasteiger partial charge in [0.15, 0.2) is 0 Å². The lowest BCUT2D eigenvalue weighted by atomic mass is 10.0. The first-order valence-electron chi connectivity index (χ1n) is 3.66. The van der Waals surface area contributed by atoms with Crippen molar-refractivity contribution >= 4 is 27.5 Å². The highest BCUT2D eigenvalue weighted by atomic mass is 79.9. The van der Waals surface area contributed by atoms with Gasteiger partial charge in [-0.3, -0.25) is 0 Å². The zero-order valence-corrected chi connectivity index (χ0v) is 8.99. The summed E-state index contributed by atoms with van der Waals surface area (Å²) in [5.41, 5.74) is 0.855. The molecule has 0 nitrogen and oxygen atoms in total. The van der Waals surface area contributed by atoms with E-state index in [1.165, 1.54) is 12.1 Å². The highest BCUT2D eigenvalue weighted by Crippen LogP contribution is 2.26. The second-order valence-electron chi connectivity index (χ2n) is 2.72. The van der Waals surface area contributed by atoms with Crippen LogP contribution in [0, 0.1) is 5.82 Å². The van der Waals surface area contributed by atoms with Crippen molar-refractivity contribution in [3.63, 3.8) is 0 Å². The molecule has 0 aliphatic rings. The van der Waals surface area contributed by atoms with Gasteiger partial charge in [-0.25, -0.2) is 4.39 Å². The number of halogens is 3. The number of hydrogen-bond acceptors (Lipinski definition) is 0. The molecule has 0 fully saturated rings. The van der Waals surface area contributed by atoms with E-state index in [0.29, 0.717) is 5.02 Å². The summed E-state index contributed by atoms with van der Waals surface area (Å²) in [5, 5.41) is 1.42. The summed E-state index contributed by atoms with van der Waals surface area (Å²) in [5.74, 6) is 0.00963. The summed E-state index contributed by atoms with van der Waals surface area (Å²) in [6.45, 7) is 2.00. The van der Waals surface area contributed by atoms with Gasteiger partial charge in [-0.15, -0.1) is 0 Å². The molecule has 0 aliphatic heterocycles. The predicted octanol–water partition coefficient (Wildman–Crippen LogP) is 3.98. The van der Waals surface area contributed by atoms with Gasteiger partial charge in [0.25, 0.3) is 0 Å². The lowest BCUT2D eigenvalue weighted by Gasteiger charge is -2.09. The Labute approximate surface area is 84.9 Å². The van der Waals surface area contributed by atoms with Gasteiger partial charge in [-0.05, 0) is 29.7 Å². The van der Waals surface area contributed by atoms with Crippen molar-refractivity contribution in [1.82, 2.24) is 0 Å². The second kappa shape index (κ2) is 4.24. The van der Waals surface area contributed by atoms with Crippen molar-refractivity contribution < 1.29 is 4.39 Å². The van der Waals surface area contributed by atoms with Crippen LogP contribution in [-0.4, -0.2) is 5.33 Å².